The van der Waals surface area contributed by atoms with Crippen LogP contribution in [-0.2, 0) is 9.59 Å². The number of rotatable bonds is 9. The molecule has 2 amide bonds. The summed E-state index contributed by atoms with van der Waals surface area (Å²) in [5.41, 5.74) is -2.74. The van der Waals surface area contributed by atoms with Crippen molar-refractivity contribution in [1.82, 2.24) is 10.6 Å². The Labute approximate surface area is 241 Å². The van der Waals surface area contributed by atoms with E-state index in [9.17, 15) is 37.1 Å². The summed E-state index contributed by atoms with van der Waals surface area (Å²) in [7, 11) is 1.30. The van der Waals surface area contributed by atoms with Crippen LogP contribution in [0.1, 0.15) is 81.5 Å². The molecule has 4 aliphatic carbocycles. The van der Waals surface area contributed by atoms with Crippen LogP contribution in [0.4, 0.5) is 17.6 Å². The van der Waals surface area contributed by atoms with Gasteiger partial charge in [-0.3, -0.25) is 14.4 Å². The number of alkyl halides is 3. The average Bonchev–Trinajstić information content (AvgIpc) is 3.51. The Morgan fingerprint density at radius 3 is 2.26 bits per heavy atom. The smallest absolute Gasteiger partial charge is 0.396 e. The van der Waals surface area contributed by atoms with Gasteiger partial charge in [0.05, 0.1) is 35.5 Å². The van der Waals surface area contributed by atoms with Crippen LogP contribution in [0, 0.1) is 34.4 Å². The van der Waals surface area contributed by atoms with Crippen molar-refractivity contribution < 1.29 is 46.5 Å². The second-order valence-electron chi connectivity index (χ2n) is 12.9. The van der Waals surface area contributed by atoms with Gasteiger partial charge in [-0.25, -0.2) is 4.39 Å². The predicted octanol–water partition coefficient (Wildman–Crippen LogP) is 5.24. The second-order valence-corrected chi connectivity index (χ2v) is 12.9. The van der Waals surface area contributed by atoms with Crippen molar-refractivity contribution in [2.24, 2.45) is 28.6 Å². The quantitative estimate of drug-likeness (QED) is 0.335. The molecule has 12 heteroatoms. The zero-order valence-electron chi connectivity index (χ0n) is 23.8. The summed E-state index contributed by atoms with van der Waals surface area (Å²) in [6.45, 7) is 1.20. The topological polar surface area (TPSA) is 114 Å². The SMILES string of the molecule is COc1cc(F)c(O[C@H]2CC[C@@](C)(C(=O)O)CC2)cc1C(=O)N[C@@H]1[C@H]2CC[C@H](C2)[C@@H]1C(=O)NCC1(C(F)(F)F)CCC1. The van der Waals surface area contributed by atoms with Crippen LogP contribution >= 0.6 is 0 Å². The minimum Gasteiger partial charge on any atom is -0.496 e. The molecule has 1 aromatic carbocycles. The number of carbonyl (C=O) groups is 3. The lowest BCUT2D eigenvalue weighted by molar-refractivity contribution is -0.248. The molecule has 0 radical (unpaired) electrons. The van der Waals surface area contributed by atoms with E-state index in [2.05, 4.69) is 10.6 Å². The van der Waals surface area contributed by atoms with E-state index in [1.807, 2.05) is 0 Å². The van der Waals surface area contributed by atoms with Gasteiger partial charge in [0, 0.05) is 18.7 Å². The number of hydrogen-bond donors (Lipinski definition) is 3. The van der Waals surface area contributed by atoms with E-state index < -0.39 is 65.2 Å². The summed E-state index contributed by atoms with van der Waals surface area (Å²) < 4.78 is 67.0. The van der Waals surface area contributed by atoms with Crippen LogP contribution in [0.5, 0.6) is 11.5 Å². The Morgan fingerprint density at radius 2 is 1.69 bits per heavy atom. The largest absolute Gasteiger partial charge is 0.496 e. The highest BCUT2D eigenvalue weighted by Gasteiger charge is 2.59. The minimum atomic E-state index is -4.40. The maximum atomic E-state index is 14.9. The lowest BCUT2D eigenvalue weighted by atomic mass is 9.68. The fraction of sp³-hybridized carbons (Fsp3) is 0.700. The monoisotopic (exact) mass is 598 g/mol. The number of ether oxygens (including phenoxy) is 2. The van der Waals surface area contributed by atoms with Gasteiger partial charge in [-0.2, -0.15) is 13.2 Å². The molecule has 42 heavy (non-hydrogen) atoms. The van der Waals surface area contributed by atoms with E-state index in [0.29, 0.717) is 38.5 Å². The summed E-state index contributed by atoms with van der Waals surface area (Å²) in [5, 5.41) is 14.9. The predicted molar refractivity (Wildman–Crippen MR) is 143 cm³/mol. The first-order chi connectivity index (χ1) is 19.8. The second kappa shape index (κ2) is 11.2. The number of halogens is 4. The van der Waals surface area contributed by atoms with Gasteiger partial charge in [-0.15, -0.1) is 0 Å². The number of carboxylic acids is 1. The Kier molecular flexibility index (Phi) is 8.12. The summed E-state index contributed by atoms with van der Waals surface area (Å²) in [6.07, 6.45) is -0.568. The van der Waals surface area contributed by atoms with Crippen LogP contribution in [0.15, 0.2) is 12.1 Å². The van der Waals surface area contributed by atoms with Gasteiger partial charge in [0.1, 0.15) is 5.75 Å². The van der Waals surface area contributed by atoms with E-state index in [0.717, 1.165) is 18.9 Å². The summed E-state index contributed by atoms with van der Waals surface area (Å²) in [4.78, 5) is 38.3. The average molecular weight is 599 g/mol. The van der Waals surface area contributed by atoms with E-state index in [1.54, 1.807) is 6.92 Å². The molecule has 8 nitrogen and oxygen atoms in total. The van der Waals surface area contributed by atoms with Crippen LogP contribution in [-0.4, -0.2) is 54.9 Å². The van der Waals surface area contributed by atoms with E-state index in [1.165, 1.54) is 13.2 Å². The highest BCUT2D eigenvalue weighted by molar-refractivity contribution is 5.98. The van der Waals surface area contributed by atoms with Gasteiger partial charge in [0.15, 0.2) is 11.6 Å². The third-order valence-corrected chi connectivity index (χ3v) is 10.4. The van der Waals surface area contributed by atoms with Gasteiger partial charge in [-0.05, 0) is 82.6 Å². The fourth-order valence-electron chi connectivity index (χ4n) is 7.36. The molecular weight excluding hydrogens is 560 g/mol. The Bertz CT molecular complexity index is 1220. The molecule has 5 rings (SSSR count). The third-order valence-electron chi connectivity index (χ3n) is 10.4. The standard InChI is InChI=1S/C30H38F4N2O6/c1-28(27(39)40)10-6-18(7-11-28)42-22-13-19(21(41-2)14-20(22)31)25(37)36-24-17-5-4-16(12-17)23(24)26(38)35-15-29(8-3-9-29)30(32,33)34/h13-14,16-18,23-24H,3-12,15H2,1-2H3,(H,35,38)(H,36,37)(H,39,40)/t16-,17+,18-,23+,24-,28+/m1/s1. The van der Waals surface area contributed by atoms with Gasteiger partial charge in [0.2, 0.25) is 5.91 Å². The number of carboxylic acid groups (broad SMARTS) is 1. The fourth-order valence-corrected chi connectivity index (χ4v) is 7.36. The lowest BCUT2D eigenvalue weighted by Gasteiger charge is -2.43. The van der Waals surface area contributed by atoms with E-state index in [4.69, 9.17) is 9.47 Å². The molecule has 0 unspecified atom stereocenters. The molecule has 0 aromatic heterocycles. The molecule has 0 spiro atoms. The molecule has 4 saturated carbocycles. The normalized spacial score (nSPS) is 31.6. The molecule has 2 bridgehead atoms. The maximum Gasteiger partial charge on any atom is 0.396 e. The molecule has 4 aliphatic rings. The number of hydrogen-bond acceptors (Lipinski definition) is 5. The molecule has 0 aliphatic heterocycles. The van der Waals surface area contributed by atoms with E-state index >= 15 is 0 Å². The molecule has 4 fully saturated rings. The van der Waals surface area contributed by atoms with Gasteiger partial charge < -0.3 is 25.2 Å². The van der Waals surface area contributed by atoms with Crippen LogP contribution in [0.2, 0.25) is 0 Å². The van der Waals surface area contributed by atoms with Crippen molar-refractivity contribution in [3.05, 3.63) is 23.5 Å². The first-order valence-corrected chi connectivity index (χ1v) is 14.7. The number of amides is 2. The summed E-state index contributed by atoms with van der Waals surface area (Å²) >= 11 is 0. The molecule has 1 aromatic rings. The van der Waals surface area contributed by atoms with Gasteiger partial charge in [0.25, 0.3) is 5.91 Å². The summed E-state index contributed by atoms with van der Waals surface area (Å²) in [5.74, 6) is -3.59. The number of benzene rings is 1. The van der Waals surface area contributed by atoms with Gasteiger partial charge in [-0.1, -0.05) is 6.42 Å². The molecule has 4 atom stereocenters. The zero-order chi connectivity index (χ0) is 30.4. The highest BCUT2D eigenvalue weighted by atomic mass is 19.4. The lowest BCUT2D eigenvalue weighted by Crippen LogP contribution is -2.55. The minimum absolute atomic E-state index is 0.00271. The maximum absolute atomic E-state index is 14.9. The number of aliphatic carboxylic acids is 1. The third kappa shape index (κ3) is 5.53. The van der Waals surface area contributed by atoms with Gasteiger partial charge >= 0.3 is 12.1 Å². The Balaban J connectivity index is 1.28. The van der Waals surface area contributed by atoms with Crippen LogP contribution in [0.25, 0.3) is 0 Å². The molecule has 0 heterocycles. The van der Waals surface area contributed by atoms with Crippen molar-refractivity contribution in [3.8, 4) is 11.5 Å². The molecular formula is C30H38F4N2O6. The number of nitrogens with one attached hydrogen (secondary N) is 2. The van der Waals surface area contributed by atoms with Crippen molar-refractivity contribution in [1.29, 1.82) is 0 Å². The molecule has 232 valence electrons. The van der Waals surface area contributed by atoms with Crippen molar-refractivity contribution in [3.63, 3.8) is 0 Å². The van der Waals surface area contributed by atoms with E-state index in [-0.39, 0.29) is 41.7 Å². The van der Waals surface area contributed by atoms with Crippen molar-refractivity contribution >= 4 is 17.8 Å². The Hall–Kier alpha value is -3.05. The number of fused-ring (bicyclic) bond motifs is 2. The first kappa shape index (κ1) is 30.4. The number of methoxy groups -OCH3 is 1. The van der Waals surface area contributed by atoms with Crippen LogP contribution in [0.3, 0.4) is 0 Å². The highest BCUT2D eigenvalue weighted by Crippen LogP contribution is 2.53. The molecule has 0 saturated heterocycles. The summed E-state index contributed by atoms with van der Waals surface area (Å²) in [6, 6.07) is 1.72. The first-order valence-electron chi connectivity index (χ1n) is 14.7. The Morgan fingerprint density at radius 1 is 1.02 bits per heavy atom. The zero-order valence-corrected chi connectivity index (χ0v) is 23.8. The number of carbonyl (C=O) groups excluding carboxylic acids is 2. The van der Waals surface area contributed by atoms with Crippen LogP contribution < -0.4 is 20.1 Å². The van der Waals surface area contributed by atoms with Crippen molar-refractivity contribution in [2.75, 3.05) is 13.7 Å². The molecule has 3 N–H and O–H groups in total. The van der Waals surface area contributed by atoms with Crippen molar-refractivity contribution in [2.45, 2.75) is 89.5 Å².